The Kier molecular flexibility index (Phi) is 4.56. The normalized spacial score (nSPS) is 9.95. The zero-order valence-electron chi connectivity index (χ0n) is 11.3. The minimum atomic E-state index is -0.129. The molecular formula is C14H15N3O2S. The Morgan fingerprint density at radius 1 is 1.50 bits per heavy atom. The standard InChI is InChI=1S/C14H15N3O2S/c1-9-12(10(2)19-17-9)8-16-14(18)13-6-5-11(20-13)4-3-7-15/h5-6H,7-8,15H2,1-2H3,(H,16,18). The highest BCUT2D eigenvalue weighted by molar-refractivity contribution is 7.14. The summed E-state index contributed by atoms with van der Waals surface area (Å²) in [5.74, 6) is 6.26. The number of nitrogens with zero attached hydrogens (tertiary/aromatic N) is 1. The second kappa shape index (κ2) is 6.37. The van der Waals surface area contributed by atoms with Gasteiger partial charge in [0.1, 0.15) is 5.76 Å². The third kappa shape index (κ3) is 3.26. The fourth-order valence-corrected chi connectivity index (χ4v) is 2.47. The van der Waals surface area contributed by atoms with Crippen LogP contribution in [0.5, 0.6) is 0 Å². The molecule has 2 aromatic rings. The highest BCUT2D eigenvalue weighted by Gasteiger charge is 2.12. The highest BCUT2D eigenvalue weighted by atomic mass is 32.1. The van der Waals surface area contributed by atoms with Crippen molar-refractivity contribution in [1.82, 2.24) is 10.5 Å². The molecule has 0 aromatic carbocycles. The number of aryl methyl sites for hydroxylation is 2. The van der Waals surface area contributed by atoms with Crippen molar-refractivity contribution in [3.05, 3.63) is 38.9 Å². The lowest BCUT2D eigenvalue weighted by Gasteiger charge is -2.02. The van der Waals surface area contributed by atoms with Crippen molar-refractivity contribution < 1.29 is 9.32 Å². The molecule has 104 valence electrons. The maximum Gasteiger partial charge on any atom is 0.261 e. The quantitative estimate of drug-likeness (QED) is 0.841. The van der Waals surface area contributed by atoms with Gasteiger partial charge in [0.2, 0.25) is 0 Å². The van der Waals surface area contributed by atoms with Gasteiger partial charge in [-0.3, -0.25) is 4.79 Å². The lowest BCUT2D eigenvalue weighted by atomic mass is 10.2. The lowest BCUT2D eigenvalue weighted by Crippen LogP contribution is -2.22. The number of amides is 1. The fraction of sp³-hybridized carbons (Fsp3) is 0.286. The van der Waals surface area contributed by atoms with Crippen LogP contribution in [-0.2, 0) is 6.54 Å². The van der Waals surface area contributed by atoms with E-state index in [1.54, 1.807) is 6.07 Å². The van der Waals surface area contributed by atoms with Crippen LogP contribution in [0.3, 0.4) is 0 Å². The van der Waals surface area contributed by atoms with Crippen molar-refractivity contribution in [3.8, 4) is 11.8 Å². The molecule has 20 heavy (non-hydrogen) atoms. The summed E-state index contributed by atoms with van der Waals surface area (Å²) >= 11 is 1.35. The molecule has 0 aliphatic heterocycles. The van der Waals surface area contributed by atoms with Crippen LogP contribution in [0.25, 0.3) is 0 Å². The minimum absolute atomic E-state index is 0.129. The number of nitrogens with two attached hydrogens (primary N) is 1. The van der Waals surface area contributed by atoms with Crippen molar-refractivity contribution >= 4 is 17.2 Å². The molecule has 0 bridgehead atoms. The first-order valence-corrected chi connectivity index (χ1v) is 6.92. The van der Waals surface area contributed by atoms with E-state index in [2.05, 4.69) is 22.3 Å². The summed E-state index contributed by atoms with van der Waals surface area (Å²) in [6.07, 6.45) is 0. The molecule has 0 fully saturated rings. The molecule has 2 rings (SSSR count). The summed E-state index contributed by atoms with van der Waals surface area (Å²) in [5, 5.41) is 6.70. The number of nitrogens with one attached hydrogen (secondary N) is 1. The van der Waals surface area contributed by atoms with Crippen LogP contribution in [0.2, 0.25) is 0 Å². The van der Waals surface area contributed by atoms with Crippen LogP contribution in [0.1, 0.15) is 31.6 Å². The molecule has 0 radical (unpaired) electrons. The number of thiophene rings is 1. The van der Waals surface area contributed by atoms with Gasteiger partial charge in [0.15, 0.2) is 0 Å². The van der Waals surface area contributed by atoms with Gasteiger partial charge in [-0.2, -0.15) is 0 Å². The average molecular weight is 289 g/mol. The number of aromatic nitrogens is 1. The van der Waals surface area contributed by atoms with E-state index in [0.29, 0.717) is 18.0 Å². The summed E-state index contributed by atoms with van der Waals surface area (Å²) in [5.41, 5.74) is 7.02. The molecule has 0 spiro atoms. The number of carbonyl (C=O) groups excluding carboxylic acids is 1. The van der Waals surface area contributed by atoms with E-state index in [1.807, 2.05) is 19.9 Å². The van der Waals surface area contributed by atoms with Gasteiger partial charge < -0.3 is 15.6 Å². The Balaban J connectivity index is 2.00. The van der Waals surface area contributed by atoms with E-state index >= 15 is 0 Å². The molecule has 3 N–H and O–H groups in total. The predicted octanol–water partition coefficient (Wildman–Crippen LogP) is 1.59. The van der Waals surface area contributed by atoms with E-state index in [9.17, 15) is 4.79 Å². The second-order valence-electron chi connectivity index (χ2n) is 4.16. The van der Waals surface area contributed by atoms with Crippen molar-refractivity contribution in [2.24, 2.45) is 5.73 Å². The molecule has 0 atom stereocenters. The van der Waals surface area contributed by atoms with Gasteiger partial charge in [0.25, 0.3) is 5.91 Å². The van der Waals surface area contributed by atoms with E-state index in [0.717, 1.165) is 21.9 Å². The van der Waals surface area contributed by atoms with Crippen molar-refractivity contribution in [2.45, 2.75) is 20.4 Å². The molecule has 2 heterocycles. The molecule has 5 nitrogen and oxygen atoms in total. The summed E-state index contributed by atoms with van der Waals surface area (Å²) < 4.78 is 5.05. The first-order valence-electron chi connectivity index (χ1n) is 6.10. The van der Waals surface area contributed by atoms with Gasteiger partial charge in [0, 0.05) is 12.1 Å². The van der Waals surface area contributed by atoms with Crippen molar-refractivity contribution in [1.29, 1.82) is 0 Å². The van der Waals surface area contributed by atoms with Crippen LogP contribution < -0.4 is 11.1 Å². The van der Waals surface area contributed by atoms with Gasteiger partial charge in [-0.25, -0.2) is 0 Å². The first kappa shape index (κ1) is 14.3. The highest BCUT2D eigenvalue weighted by Crippen LogP contribution is 2.16. The molecule has 6 heteroatoms. The zero-order chi connectivity index (χ0) is 14.5. The van der Waals surface area contributed by atoms with Crippen LogP contribution in [0.4, 0.5) is 0 Å². The van der Waals surface area contributed by atoms with Gasteiger partial charge in [-0.15, -0.1) is 11.3 Å². The van der Waals surface area contributed by atoms with Crippen LogP contribution in [0.15, 0.2) is 16.7 Å². The molecule has 0 unspecified atom stereocenters. The zero-order valence-corrected chi connectivity index (χ0v) is 12.1. The molecule has 0 aliphatic carbocycles. The topological polar surface area (TPSA) is 81.2 Å². The maximum atomic E-state index is 12.0. The number of rotatable bonds is 3. The molecular weight excluding hydrogens is 274 g/mol. The van der Waals surface area contributed by atoms with E-state index in [-0.39, 0.29) is 5.91 Å². The Labute approximate surface area is 121 Å². The molecule has 0 aliphatic rings. The fourth-order valence-electron chi connectivity index (χ4n) is 1.68. The Morgan fingerprint density at radius 2 is 2.30 bits per heavy atom. The van der Waals surface area contributed by atoms with E-state index < -0.39 is 0 Å². The number of hydrogen-bond acceptors (Lipinski definition) is 5. The van der Waals surface area contributed by atoms with Gasteiger partial charge in [0.05, 0.1) is 22.0 Å². The Hall–Kier alpha value is -2.10. The molecule has 0 saturated heterocycles. The predicted molar refractivity (Wildman–Crippen MR) is 77.4 cm³/mol. The Bertz CT molecular complexity index is 657. The van der Waals surface area contributed by atoms with Gasteiger partial charge in [-0.1, -0.05) is 17.0 Å². The third-order valence-corrected chi connectivity index (χ3v) is 3.75. The minimum Gasteiger partial charge on any atom is -0.361 e. The van der Waals surface area contributed by atoms with Gasteiger partial charge >= 0.3 is 0 Å². The van der Waals surface area contributed by atoms with Crippen molar-refractivity contribution in [3.63, 3.8) is 0 Å². The monoisotopic (exact) mass is 289 g/mol. The Morgan fingerprint density at radius 3 is 2.95 bits per heavy atom. The summed E-state index contributed by atoms with van der Waals surface area (Å²) in [4.78, 5) is 13.5. The van der Waals surface area contributed by atoms with Gasteiger partial charge in [-0.05, 0) is 26.0 Å². The molecule has 0 saturated carbocycles. The third-order valence-electron chi connectivity index (χ3n) is 2.75. The second-order valence-corrected chi connectivity index (χ2v) is 5.24. The van der Waals surface area contributed by atoms with Crippen LogP contribution in [0, 0.1) is 25.7 Å². The van der Waals surface area contributed by atoms with E-state index in [4.69, 9.17) is 10.3 Å². The van der Waals surface area contributed by atoms with Crippen molar-refractivity contribution in [2.75, 3.05) is 6.54 Å². The molecule has 2 aromatic heterocycles. The number of hydrogen-bond donors (Lipinski definition) is 2. The summed E-state index contributed by atoms with van der Waals surface area (Å²) in [6, 6.07) is 3.58. The SMILES string of the molecule is Cc1noc(C)c1CNC(=O)c1ccc(C#CCN)s1. The first-order chi connectivity index (χ1) is 9.61. The largest absolute Gasteiger partial charge is 0.361 e. The maximum absolute atomic E-state index is 12.0. The summed E-state index contributed by atoms with van der Waals surface area (Å²) in [7, 11) is 0. The van der Waals surface area contributed by atoms with Crippen LogP contribution >= 0.6 is 11.3 Å². The lowest BCUT2D eigenvalue weighted by molar-refractivity contribution is 0.0955. The van der Waals surface area contributed by atoms with E-state index in [1.165, 1.54) is 11.3 Å². The summed E-state index contributed by atoms with van der Waals surface area (Å²) in [6.45, 7) is 4.39. The number of carbonyl (C=O) groups is 1. The van der Waals surface area contributed by atoms with Crippen LogP contribution in [-0.4, -0.2) is 17.6 Å². The molecule has 1 amide bonds. The smallest absolute Gasteiger partial charge is 0.261 e. The average Bonchev–Trinajstić information content (AvgIpc) is 3.02.